The monoisotopic (exact) mass is 331 g/mol. The Morgan fingerprint density at radius 3 is 1.37 bits per heavy atom. The van der Waals surface area contributed by atoms with E-state index in [1.807, 2.05) is 50.2 Å². The largest absolute Gasteiger partial charge is 0.522 e. The summed E-state index contributed by atoms with van der Waals surface area (Å²) in [5.41, 5.74) is 2.25. The molecule has 1 radical (unpaired) electrons. The van der Waals surface area contributed by atoms with Crippen molar-refractivity contribution in [3.05, 3.63) is 59.7 Å². The molecule has 0 amide bonds. The molecule has 0 saturated carbocycles. The summed E-state index contributed by atoms with van der Waals surface area (Å²) in [4.78, 5) is 0. The van der Waals surface area contributed by atoms with Gasteiger partial charge < -0.3 is 9.47 Å². The van der Waals surface area contributed by atoms with Crippen molar-refractivity contribution >= 4 is 0 Å². The number of rotatable bonds is 2. The SMILES string of the molecule is COc1[c-]cccc1C.COc1[c-]cccc1C.[Y]. The second-order valence-electron chi connectivity index (χ2n) is 3.77. The van der Waals surface area contributed by atoms with E-state index in [2.05, 4.69) is 12.1 Å². The van der Waals surface area contributed by atoms with Gasteiger partial charge in [0, 0.05) is 44.2 Å². The van der Waals surface area contributed by atoms with Crippen molar-refractivity contribution in [1.82, 2.24) is 0 Å². The summed E-state index contributed by atoms with van der Waals surface area (Å²) >= 11 is 0. The van der Waals surface area contributed by atoms with Crippen LogP contribution in [0.5, 0.6) is 11.5 Å². The van der Waals surface area contributed by atoms with Gasteiger partial charge in [-0.1, -0.05) is 13.8 Å². The zero-order valence-electron chi connectivity index (χ0n) is 11.9. The van der Waals surface area contributed by atoms with Crippen LogP contribution in [-0.2, 0) is 32.7 Å². The van der Waals surface area contributed by atoms with Gasteiger partial charge in [0.15, 0.2) is 0 Å². The van der Waals surface area contributed by atoms with Crippen LogP contribution in [0.25, 0.3) is 0 Å². The average Bonchev–Trinajstić information content (AvgIpc) is 2.41. The average molecular weight is 331 g/mol. The van der Waals surface area contributed by atoms with Crippen LogP contribution in [0.1, 0.15) is 11.1 Å². The first-order valence-corrected chi connectivity index (χ1v) is 5.71. The molecule has 0 saturated heterocycles. The smallest absolute Gasteiger partial charge is 0.0743 e. The number of benzene rings is 2. The summed E-state index contributed by atoms with van der Waals surface area (Å²) in [6, 6.07) is 17.5. The van der Waals surface area contributed by atoms with Gasteiger partial charge in [0.05, 0.1) is 14.2 Å². The van der Waals surface area contributed by atoms with E-state index >= 15 is 0 Å². The maximum absolute atomic E-state index is 4.99. The Bertz CT molecular complexity index is 438. The second kappa shape index (κ2) is 9.99. The Balaban J connectivity index is 0.000000324. The zero-order chi connectivity index (χ0) is 13.4. The molecule has 0 N–H and O–H groups in total. The van der Waals surface area contributed by atoms with Crippen LogP contribution >= 0.6 is 0 Å². The predicted octanol–water partition coefficient (Wildman–Crippen LogP) is 3.61. The second-order valence-corrected chi connectivity index (χ2v) is 3.77. The molecular weight excluding hydrogens is 313 g/mol. The molecule has 0 bridgehead atoms. The van der Waals surface area contributed by atoms with Gasteiger partial charge in [-0.25, -0.2) is 0 Å². The fourth-order valence-corrected chi connectivity index (χ4v) is 1.45. The minimum absolute atomic E-state index is 0. The van der Waals surface area contributed by atoms with Crippen LogP contribution in [0.15, 0.2) is 36.4 Å². The van der Waals surface area contributed by atoms with Gasteiger partial charge in [-0.05, 0) is 0 Å². The molecule has 0 spiro atoms. The molecule has 0 heterocycles. The quantitative estimate of drug-likeness (QED) is 0.783. The van der Waals surface area contributed by atoms with Crippen LogP contribution in [0.2, 0.25) is 0 Å². The minimum atomic E-state index is 0. The van der Waals surface area contributed by atoms with Crippen molar-refractivity contribution in [1.29, 1.82) is 0 Å². The molecule has 0 fully saturated rings. The summed E-state index contributed by atoms with van der Waals surface area (Å²) in [6.45, 7) is 3.99. The van der Waals surface area contributed by atoms with E-state index in [4.69, 9.17) is 9.47 Å². The Hall–Kier alpha value is -0.856. The predicted molar refractivity (Wildman–Crippen MR) is 73.1 cm³/mol. The maximum atomic E-state index is 4.99. The molecule has 2 nitrogen and oxygen atoms in total. The number of hydrogen-bond acceptors (Lipinski definition) is 2. The van der Waals surface area contributed by atoms with Gasteiger partial charge in [0.25, 0.3) is 0 Å². The summed E-state index contributed by atoms with van der Waals surface area (Å²) in [6.07, 6.45) is 0. The number of aryl methyl sites for hydroxylation is 2. The minimum Gasteiger partial charge on any atom is -0.522 e. The number of methoxy groups -OCH3 is 2. The molecule has 2 aromatic rings. The first-order chi connectivity index (χ1) is 8.69. The molecule has 3 heteroatoms. The van der Waals surface area contributed by atoms with Gasteiger partial charge >= 0.3 is 0 Å². The van der Waals surface area contributed by atoms with Crippen molar-refractivity contribution in [3.63, 3.8) is 0 Å². The molecule has 99 valence electrons. The Labute approximate surface area is 141 Å². The molecule has 2 rings (SSSR count). The molecule has 0 aliphatic rings. The maximum Gasteiger partial charge on any atom is 0.0743 e. The number of para-hydroxylation sites is 2. The molecule has 19 heavy (non-hydrogen) atoms. The number of ether oxygens (including phenoxy) is 2. The van der Waals surface area contributed by atoms with E-state index in [9.17, 15) is 0 Å². The van der Waals surface area contributed by atoms with Crippen LogP contribution < -0.4 is 9.47 Å². The van der Waals surface area contributed by atoms with E-state index in [0.717, 1.165) is 22.6 Å². The summed E-state index contributed by atoms with van der Waals surface area (Å²) in [5.74, 6) is 1.66. The molecule has 0 aliphatic carbocycles. The third kappa shape index (κ3) is 6.22. The molecule has 0 aliphatic heterocycles. The van der Waals surface area contributed by atoms with Gasteiger partial charge in [0.2, 0.25) is 0 Å². The number of hydrogen-bond donors (Lipinski definition) is 0. The third-order valence-electron chi connectivity index (χ3n) is 2.44. The van der Waals surface area contributed by atoms with Crippen molar-refractivity contribution in [2.45, 2.75) is 13.8 Å². The zero-order valence-corrected chi connectivity index (χ0v) is 14.7. The summed E-state index contributed by atoms with van der Waals surface area (Å²) < 4.78 is 9.98. The van der Waals surface area contributed by atoms with Crippen molar-refractivity contribution in [2.75, 3.05) is 14.2 Å². The van der Waals surface area contributed by atoms with Crippen LogP contribution in [-0.4, -0.2) is 14.2 Å². The molecule has 0 atom stereocenters. The Morgan fingerprint density at radius 1 is 0.789 bits per heavy atom. The Kier molecular flexibility index (Phi) is 9.54. The van der Waals surface area contributed by atoms with Gasteiger partial charge in [-0.15, -0.1) is 23.3 Å². The first-order valence-electron chi connectivity index (χ1n) is 5.71. The third-order valence-corrected chi connectivity index (χ3v) is 2.44. The van der Waals surface area contributed by atoms with Crippen LogP contribution in [0, 0.1) is 26.0 Å². The fourth-order valence-electron chi connectivity index (χ4n) is 1.45. The van der Waals surface area contributed by atoms with E-state index in [1.54, 1.807) is 14.2 Å². The van der Waals surface area contributed by atoms with E-state index in [0.29, 0.717) is 0 Å². The Morgan fingerprint density at radius 2 is 1.16 bits per heavy atom. The summed E-state index contributed by atoms with van der Waals surface area (Å²) in [5, 5.41) is 0. The van der Waals surface area contributed by atoms with Crippen molar-refractivity contribution in [2.24, 2.45) is 0 Å². The molecular formula is C16H18O2Y-2. The topological polar surface area (TPSA) is 18.5 Å². The molecule has 2 aromatic carbocycles. The van der Waals surface area contributed by atoms with E-state index in [-0.39, 0.29) is 32.7 Å². The van der Waals surface area contributed by atoms with Gasteiger partial charge in [-0.3, -0.25) is 0 Å². The molecule has 0 aromatic heterocycles. The van der Waals surface area contributed by atoms with Crippen molar-refractivity contribution in [3.8, 4) is 11.5 Å². The van der Waals surface area contributed by atoms with Crippen molar-refractivity contribution < 1.29 is 42.2 Å². The van der Waals surface area contributed by atoms with Crippen LogP contribution in [0.3, 0.4) is 0 Å². The van der Waals surface area contributed by atoms with E-state index < -0.39 is 0 Å². The first kappa shape index (κ1) is 18.1. The summed E-state index contributed by atoms with van der Waals surface area (Å²) in [7, 11) is 3.30. The standard InChI is InChI=1S/2C8H9O.Y/c2*1-7-5-3-4-6-8(7)9-2;/h2*3-5H,1-2H3;/q2*-1;. The van der Waals surface area contributed by atoms with E-state index in [1.165, 1.54) is 0 Å². The normalized spacial score (nSPS) is 8.63. The van der Waals surface area contributed by atoms with Gasteiger partial charge in [-0.2, -0.15) is 36.4 Å². The fraction of sp³-hybridized carbons (Fsp3) is 0.250. The molecule has 0 unspecified atom stereocenters. The van der Waals surface area contributed by atoms with Crippen LogP contribution in [0.4, 0.5) is 0 Å². The van der Waals surface area contributed by atoms with Gasteiger partial charge in [0.1, 0.15) is 0 Å².